The third-order valence-electron chi connectivity index (χ3n) is 2.50. The van der Waals surface area contributed by atoms with Gasteiger partial charge in [-0.05, 0) is 24.3 Å². The van der Waals surface area contributed by atoms with E-state index in [1.807, 2.05) is 6.07 Å². The normalized spacial score (nSPS) is 9.38. The highest BCUT2D eigenvalue weighted by atomic mass is 79.9. The zero-order valence-corrected chi connectivity index (χ0v) is 13.1. The van der Waals surface area contributed by atoms with Crippen molar-refractivity contribution in [3.63, 3.8) is 0 Å². The number of carbonyl (C=O) groups excluding carboxylic acids is 1. The van der Waals surface area contributed by atoms with Gasteiger partial charge in [0.1, 0.15) is 12.7 Å². The molecule has 0 aliphatic rings. The van der Waals surface area contributed by atoms with Gasteiger partial charge in [-0.1, -0.05) is 27.8 Å². The van der Waals surface area contributed by atoms with Crippen LogP contribution in [0.3, 0.4) is 0 Å². The Morgan fingerprint density at radius 3 is 2.95 bits per heavy atom. The molecule has 0 atom stereocenters. The average Bonchev–Trinajstić information content (AvgIpc) is 2.95. The Morgan fingerprint density at radius 1 is 1.43 bits per heavy atom. The summed E-state index contributed by atoms with van der Waals surface area (Å²) >= 11 is 4.60. The van der Waals surface area contributed by atoms with E-state index in [2.05, 4.69) is 33.1 Å². The molecule has 2 aromatic rings. The number of aliphatic hydroxyl groups is 1. The Labute approximate surface area is 134 Å². The van der Waals surface area contributed by atoms with Gasteiger partial charge in [0.15, 0.2) is 0 Å². The molecule has 2 rings (SSSR count). The van der Waals surface area contributed by atoms with E-state index in [-0.39, 0.29) is 12.5 Å². The summed E-state index contributed by atoms with van der Waals surface area (Å²) in [5, 5.41) is 22.1. The van der Waals surface area contributed by atoms with E-state index in [1.165, 1.54) is 11.3 Å². The predicted octanol–water partition coefficient (Wildman–Crippen LogP) is 2.98. The topological polar surface area (TPSA) is 73.1 Å². The molecule has 0 aliphatic heterocycles. The maximum atomic E-state index is 12.1. The third-order valence-corrected chi connectivity index (χ3v) is 3.84. The Morgan fingerprint density at radius 2 is 2.24 bits per heavy atom. The van der Waals surface area contributed by atoms with Crippen LogP contribution in [0.4, 0.5) is 5.69 Å². The smallest absolute Gasteiger partial charge is 0.256 e. The molecular formula is C15H9BrN2O2S. The number of amides is 1. The van der Waals surface area contributed by atoms with Crippen LogP contribution in [0.2, 0.25) is 0 Å². The second kappa shape index (κ2) is 7.05. The first-order valence-electron chi connectivity index (χ1n) is 5.83. The van der Waals surface area contributed by atoms with Crippen molar-refractivity contribution in [2.24, 2.45) is 0 Å². The number of hydrogen-bond acceptors (Lipinski definition) is 4. The third kappa shape index (κ3) is 3.93. The molecule has 104 valence electrons. The summed E-state index contributed by atoms with van der Waals surface area (Å²) in [6.07, 6.45) is 0. The van der Waals surface area contributed by atoms with E-state index in [9.17, 15) is 4.79 Å². The first-order valence-corrected chi connectivity index (χ1v) is 7.50. The fraction of sp³-hybridized carbons (Fsp3) is 0.0667. The van der Waals surface area contributed by atoms with Crippen molar-refractivity contribution in [3.8, 4) is 17.9 Å². The van der Waals surface area contributed by atoms with Gasteiger partial charge in [0, 0.05) is 9.85 Å². The van der Waals surface area contributed by atoms with Gasteiger partial charge in [-0.3, -0.25) is 4.79 Å². The van der Waals surface area contributed by atoms with Crippen LogP contribution in [0, 0.1) is 23.2 Å². The molecule has 1 aromatic heterocycles. The van der Waals surface area contributed by atoms with E-state index in [4.69, 9.17) is 10.4 Å². The highest BCUT2D eigenvalue weighted by Gasteiger charge is 2.11. The SMILES string of the molecule is N#Cc1cc(Br)ccc1NC(=O)c1csc(C#CCO)c1. The van der Waals surface area contributed by atoms with Gasteiger partial charge in [-0.15, -0.1) is 11.3 Å². The van der Waals surface area contributed by atoms with E-state index >= 15 is 0 Å². The first kappa shape index (κ1) is 15.3. The molecule has 0 fully saturated rings. The van der Waals surface area contributed by atoms with E-state index < -0.39 is 0 Å². The lowest BCUT2D eigenvalue weighted by Crippen LogP contribution is -2.11. The number of rotatable bonds is 2. The van der Waals surface area contributed by atoms with Gasteiger partial charge in [-0.25, -0.2) is 0 Å². The number of nitriles is 1. The fourth-order valence-electron chi connectivity index (χ4n) is 1.56. The Bertz CT molecular complexity index is 781. The standard InChI is InChI=1S/C15H9BrN2O2S/c16-12-3-4-14(10(6-12)8-17)18-15(20)11-7-13(21-9-11)2-1-5-19/h3-4,6-7,9,19H,5H2,(H,18,20). The van der Waals surface area contributed by atoms with Gasteiger partial charge in [0.2, 0.25) is 0 Å². The van der Waals surface area contributed by atoms with Gasteiger partial charge in [0.25, 0.3) is 5.91 Å². The molecule has 0 spiro atoms. The number of anilines is 1. The quantitative estimate of drug-likeness (QED) is 0.808. The summed E-state index contributed by atoms with van der Waals surface area (Å²) < 4.78 is 0.772. The molecule has 1 heterocycles. The monoisotopic (exact) mass is 360 g/mol. The molecule has 0 aliphatic carbocycles. The van der Waals surface area contributed by atoms with Crippen LogP contribution < -0.4 is 5.32 Å². The van der Waals surface area contributed by atoms with Gasteiger partial charge in [-0.2, -0.15) is 5.26 Å². The Balaban J connectivity index is 2.19. The summed E-state index contributed by atoms with van der Waals surface area (Å²) in [5.74, 6) is 4.97. The molecular weight excluding hydrogens is 352 g/mol. The number of nitrogens with zero attached hydrogens (tertiary/aromatic N) is 1. The number of hydrogen-bond donors (Lipinski definition) is 2. The highest BCUT2D eigenvalue weighted by molar-refractivity contribution is 9.10. The van der Waals surface area contributed by atoms with E-state index in [0.717, 1.165) is 4.47 Å². The number of thiophene rings is 1. The summed E-state index contributed by atoms with van der Waals surface area (Å²) in [5.41, 5.74) is 1.31. The Hall–Kier alpha value is -2.12. The lowest BCUT2D eigenvalue weighted by molar-refractivity contribution is 0.102. The minimum Gasteiger partial charge on any atom is -0.384 e. The summed E-state index contributed by atoms with van der Waals surface area (Å²) in [4.78, 5) is 12.8. The number of carbonyl (C=O) groups is 1. The number of halogens is 1. The van der Waals surface area contributed by atoms with Crippen molar-refractivity contribution >= 4 is 38.9 Å². The highest BCUT2D eigenvalue weighted by Crippen LogP contribution is 2.22. The van der Waals surface area contributed by atoms with E-state index in [0.29, 0.717) is 21.7 Å². The molecule has 0 saturated carbocycles. The van der Waals surface area contributed by atoms with Crippen LogP contribution in [-0.4, -0.2) is 17.6 Å². The van der Waals surface area contributed by atoms with Gasteiger partial charge < -0.3 is 10.4 Å². The molecule has 0 radical (unpaired) electrons. The average molecular weight is 361 g/mol. The lowest BCUT2D eigenvalue weighted by atomic mass is 10.2. The predicted molar refractivity (Wildman–Crippen MR) is 85.1 cm³/mol. The molecule has 2 N–H and O–H groups in total. The number of benzene rings is 1. The van der Waals surface area contributed by atoms with Crippen LogP contribution in [0.5, 0.6) is 0 Å². The van der Waals surface area contributed by atoms with Crippen molar-refractivity contribution in [2.45, 2.75) is 0 Å². The fourth-order valence-corrected chi connectivity index (χ4v) is 2.68. The van der Waals surface area contributed by atoms with Crippen molar-refractivity contribution < 1.29 is 9.90 Å². The zero-order valence-electron chi connectivity index (χ0n) is 10.7. The summed E-state index contributed by atoms with van der Waals surface area (Å²) in [7, 11) is 0. The molecule has 0 bridgehead atoms. The minimum atomic E-state index is -0.304. The largest absolute Gasteiger partial charge is 0.384 e. The molecule has 6 heteroatoms. The Kier molecular flexibility index (Phi) is 5.13. The number of nitrogens with one attached hydrogen (secondary N) is 1. The second-order valence-corrected chi connectivity index (χ2v) is 5.74. The maximum Gasteiger partial charge on any atom is 0.256 e. The van der Waals surface area contributed by atoms with Crippen molar-refractivity contribution in [3.05, 3.63) is 50.1 Å². The van der Waals surface area contributed by atoms with Crippen LogP contribution in [-0.2, 0) is 0 Å². The maximum absolute atomic E-state index is 12.1. The van der Waals surface area contributed by atoms with Gasteiger partial charge >= 0.3 is 0 Å². The van der Waals surface area contributed by atoms with Crippen LogP contribution in [0.15, 0.2) is 34.1 Å². The van der Waals surface area contributed by atoms with Gasteiger partial charge in [0.05, 0.1) is 21.7 Å². The zero-order chi connectivity index (χ0) is 15.2. The van der Waals surface area contributed by atoms with Crippen LogP contribution in [0.25, 0.3) is 0 Å². The molecule has 4 nitrogen and oxygen atoms in total. The van der Waals surface area contributed by atoms with Crippen LogP contribution >= 0.6 is 27.3 Å². The second-order valence-electron chi connectivity index (χ2n) is 3.92. The van der Waals surface area contributed by atoms with Crippen molar-refractivity contribution in [2.75, 3.05) is 11.9 Å². The lowest BCUT2D eigenvalue weighted by Gasteiger charge is -2.06. The first-order chi connectivity index (χ1) is 10.1. The van der Waals surface area contributed by atoms with Crippen molar-refractivity contribution in [1.82, 2.24) is 0 Å². The summed E-state index contributed by atoms with van der Waals surface area (Å²) in [6, 6.07) is 8.74. The molecule has 1 amide bonds. The number of aliphatic hydroxyl groups excluding tert-OH is 1. The molecule has 0 saturated heterocycles. The molecule has 21 heavy (non-hydrogen) atoms. The van der Waals surface area contributed by atoms with Crippen molar-refractivity contribution in [1.29, 1.82) is 5.26 Å². The summed E-state index contributed by atoms with van der Waals surface area (Å²) in [6.45, 7) is -0.218. The molecule has 0 unspecified atom stereocenters. The molecule has 1 aromatic carbocycles. The minimum absolute atomic E-state index is 0.218. The van der Waals surface area contributed by atoms with Crippen LogP contribution in [0.1, 0.15) is 20.8 Å². The van der Waals surface area contributed by atoms with E-state index in [1.54, 1.807) is 29.6 Å².